The van der Waals surface area contributed by atoms with E-state index in [2.05, 4.69) is 5.32 Å². The fourth-order valence-electron chi connectivity index (χ4n) is 1.95. The zero-order valence-corrected chi connectivity index (χ0v) is 13.0. The van der Waals surface area contributed by atoms with Crippen LogP contribution in [0, 0.1) is 6.92 Å². The Morgan fingerprint density at radius 1 is 1.13 bits per heavy atom. The van der Waals surface area contributed by atoms with E-state index in [0.717, 1.165) is 5.56 Å². The zero-order valence-electron chi connectivity index (χ0n) is 13.0. The van der Waals surface area contributed by atoms with E-state index in [4.69, 9.17) is 15.2 Å². The van der Waals surface area contributed by atoms with E-state index in [0.29, 0.717) is 22.7 Å². The van der Waals surface area contributed by atoms with E-state index >= 15 is 0 Å². The Kier molecular flexibility index (Phi) is 5.19. The Hall–Kier alpha value is -3.02. The molecule has 0 aliphatic rings. The number of amides is 2. The summed E-state index contributed by atoms with van der Waals surface area (Å²) in [5, 5.41) is 2.78. The first-order valence-corrected chi connectivity index (χ1v) is 6.97. The fourth-order valence-corrected chi connectivity index (χ4v) is 1.95. The Balaban J connectivity index is 2.04. The van der Waals surface area contributed by atoms with Crippen LogP contribution in [0.15, 0.2) is 42.5 Å². The van der Waals surface area contributed by atoms with Gasteiger partial charge in [0.1, 0.15) is 11.5 Å². The summed E-state index contributed by atoms with van der Waals surface area (Å²) in [7, 11) is 1.56. The minimum atomic E-state index is -0.546. The largest absolute Gasteiger partial charge is 0.496 e. The molecule has 2 amide bonds. The molecule has 23 heavy (non-hydrogen) atoms. The van der Waals surface area contributed by atoms with E-state index in [1.54, 1.807) is 43.5 Å². The van der Waals surface area contributed by atoms with Gasteiger partial charge in [-0.2, -0.15) is 0 Å². The molecule has 2 aromatic carbocycles. The highest BCUT2D eigenvalue weighted by atomic mass is 16.5. The Morgan fingerprint density at radius 2 is 1.83 bits per heavy atom. The normalized spacial score (nSPS) is 10.0. The number of carbonyl (C=O) groups is 2. The number of primary amides is 1. The molecule has 6 nitrogen and oxygen atoms in total. The van der Waals surface area contributed by atoms with Crippen molar-refractivity contribution < 1.29 is 19.1 Å². The van der Waals surface area contributed by atoms with Crippen molar-refractivity contribution in [3.63, 3.8) is 0 Å². The van der Waals surface area contributed by atoms with Gasteiger partial charge in [-0.25, -0.2) is 0 Å². The molecule has 0 saturated carbocycles. The summed E-state index contributed by atoms with van der Waals surface area (Å²) >= 11 is 0. The maximum absolute atomic E-state index is 12.2. The third kappa shape index (κ3) is 4.47. The van der Waals surface area contributed by atoms with Gasteiger partial charge in [0.05, 0.1) is 7.11 Å². The summed E-state index contributed by atoms with van der Waals surface area (Å²) in [4.78, 5) is 22.9. The van der Waals surface area contributed by atoms with Crippen LogP contribution in [0.3, 0.4) is 0 Å². The Morgan fingerprint density at radius 3 is 2.43 bits per heavy atom. The summed E-state index contributed by atoms with van der Waals surface area (Å²) in [5.41, 5.74) is 7.08. The Bertz CT molecular complexity index is 711. The predicted molar refractivity (Wildman–Crippen MR) is 86.8 cm³/mol. The first-order chi connectivity index (χ1) is 11.0. The SMILES string of the molecule is COc1cc(C(=O)Nc2ccc(OCC(N)=O)cc2)ccc1C. The first kappa shape index (κ1) is 16.4. The smallest absolute Gasteiger partial charge is 0.255 e. The number of hydrogen-bond acceptors (Lipinski definition) is 4. The molecule has 0 radical (unpaired) electrons. The third-order valence-corrected chi connectivity index (χ3v) is 3.16. The molecule has 0 aromatic heterocycles. The molecule has 0 unspecified atom stereocenters. The molecule has 0 bridgehead atoms. The number of benzene rings is 2. The minimum Gasteiger partial charge on any atom is -0.496 e. The van der Waals surface area contributed by atoms with Crippen LogP contribution in [-0.2, 0) is 4.79 Å². The van der Waals surface area contributed by atoms with Crippen molar-refractivity contribution in [3.8, 4) is 11.5 Å². The van der Waals surface area contributed by atoms with Crippen molar-refractivity contribution in [1.29, 1.82) is 0 Å². The fraction of sp³-hybridized carbons (Fsp3) is 0.176. The molecule has 120 valence electrons. The lowest BCUT2D eigenvalue weighted by Gasteiger charge is -2.09. The molecular formula is C17H18N2O4. The summed E-state index contributed by atoms with van der Waals surface area (Å²) in [6, 6.07) is 11.9. The van der Waals surface area contributed by atoms with Crippen LogP contribution in [0.25, 0.3) is 0 Å². The summed E-state index contributed by atoms with van der Waals surface area (Å²) in [5.74, 6) is 0.372. The molecular weight excluding hydrogens is 296 g/mol. The molecule has 0 aliphatic carbocycles. The molecule has 0 spiro atoms. The monoisotopic (exact) mass is 314 g/mol. The second-order valence-corrected chi connectivity index (χ2v) is 4.92. The van der Waals surface area contributed by atoms with Gasteiger partial charge in [-0.3, -0.25) is 9.59 Å². The molecule has 3 N–H and O–H groups in total. The second-order valence-electron chi connectivity index (χ2n) is 4.92. The van der Waals surface area contributed by atoms with Gasteiger partial charge in [0, 0.05) is 11.3 Å². The molecule has 0 aliphatic heterocycles. The lowest BCUT2D eigenvalue weighted by molar-refractivity contribution is -0.119. The number of carbonyl (C=O) groups excluding carboxylic acids is 2. The van der Waals surface area contributed by atoms with Crippen molar-refractivity contribution in [2.45, 2.75) is 6.92 Å². The van der Waals surface area contributed by atoms with Crippen LogP contribution in [0.1, 0.15) is 15.9 Å². The van der Waals surface area contributed by atoms with Gasteiger partial charge in [-0.1, -0.05) is 6.07 Å². The highest BCUT2D eigenvalue weighted by Crippen LogP contribution is 2.21. The van der Waals surface area contributed by atoms with Crippen molar-refractivity contribution in [2.75, 3.05) is 19.0 Å². The van der Waals surface area contributed by atoms with Gasteiger partial charge in [0.25, 0.3) is 11.8 Å². The first-order valence-electron chi connectivity index (χ1n) is 6.97. The molecule has 0 heterocycles. The van der Waals surface area contributed by atoms with E-state index < -0.39 is 5.91 Å². The van der Waals surface area contributed by atoms with Crippen LogP contribution in [0.4, 0.5) is 5.69 Å². The van der Waals surface area contributed by atoms with Crippen molar-refractivity contribution in [2.24, 2.45) is 5.73 Å². The van der Waals surface area contributed by atoms with Crippen molar-refractivity contribution in [1.82, 2.24) is 0 Å². The van der Waals surface area contributed by atoms with Crippen molar-refractivity contribution in [3.05, 3.63) is 53.6 Å². The van der Waals surface area contributed by atoms with Gasteiger partial charge < -0.3 is 20.5 Å². The average Bonchev–Trinajstić information content (AvgIpc) is 2.54. The van der Waals surface area contributed by atoms with Crippen LogP contribution in [0.2, 0.25) is 0 Å². The number of hydrogen-bond donors (Lipinski definition) is 2. The topological polar surface area (TPSA) is 90.7 Å². The molecule has 0 fully saturated rings. The summed E-state index contributed by atoms with van der Waals surface area (Å²) in [6.45, 7) is 1.72. The molecule has 2 rings (SSSR count). The maximum Gasteiger partial charge on any atom is 0.255 e. The number of methoxy groups -OCH3 is 1. The van der Waals surface area contributed by atoms with E-state index in [9.17, 15) is 9.59 Å². The summed E-state index contributed by atoms with van der Waals surface area (Å²) < 4.78 is 10.4. The van der Waals surface area contributed by atoms with Gasteiger partial charge in [0.15, 0.2) is 6.61 Å². The third-order valence-electron chi connectivity index (χ3n) is 3.16. The number of nitrogens with two attached hydrogens (primary N) is 1. The maximum atomic E-state index is 12.2. The number of anilines is 1. The van der Waals surface area contributed by atoms with Gasteiger partial charge in [-0.15, -0.1) is 0 Å². The van der Waals surface area contributed by atoms with Crippen molar-refractivity contribution >= 4 is 17.5 Å². The van der Waals surface area contributed by atoms with Crippen LogP contribution in [0.5, 0.6) is 11.5 Å². The highest BCUT2D eigenvalue weighted by molar-refractivity contribution is 6.04. The molecule has 6 heteroatoms. The lowest BCUT2D eigenvalue weighted by atomic mass is 10.1. The number of ether oxygens (including phenoxy) is 2. The number of rotatable bonds is 6. The predicted octanol–water partition coefficient (Wildman–Crippen LogP) is 2.12. The van der Waals surface area contributed by atoms with Gasteiger partial charge in [-0.05, 0) is 48.9 Å². The zero-order chi connectivity index (χ0) is 16.8. The van der Waals surface area contributed by atoms with Crippen LogP contribution < -0.4 is 20.5 Å². The van der Waals surface area contributed by atoms with E-state index in [1.165, 1.54) is 0 Å². The van der Waals surface area contributed by atoms with Crippen LogP contribution >= 0.6 is 0 Å². The van der Waals surface area contributed by atoms with Gasteiger partial charge in [0.2, 0.25) is 0 Å². The highest BCUT2D eigenvalue weighted by Gasteiger charge is 2.09. The molecule has 0 saturated heterocycles. The molecule has 0 atom stereocenters. The lowest BCUT2D eigenvalue weighted by Crippen LogP contribution is -2.20. The van der Waals surface area contributed by atoms with E-state index in [1.807, 2.05) is 13.0 Å². The number of aryl methyl sites for hydroxylation is 1. The Labute approximate surface area is 134 Å². The van der Waals surface area contributed by atoms with Gasteiger partial charge >= 0.3 is 0 Å². The minimum absolute atomic E-state index is 0.186. The van der Waals surface area contributed by atoms with Crippen LogP contribution in [-0.4, -0.2) is 25.5 Å². The summed E-state index contributed by atoms with van der Waals surface area (Å²) in [6.07, 6.45) is 0. The second kappa shape index (κ2) is 7.31. The number of nitrogens with one attached hydrogen (secondary N) is 1. The standard InChI is InChI=1S/C17H18N2O4/c1-11-3-4-12(9-15(11)22-2)17(21)19-13-5-7-14(8-6-13)23-10-16(18)20/h3-9H,10H2,1-2H3,(H2,18,20)(H,19,21). The van der Waals surface area contributed by atoms with E-state index in [-0.39, 0.29) is 12.5 Å². The molecule has 2 aromatic rings. The quantitative estimate of drug-likeness (QED) is 0.854. The average molecular weight is 314 g/mol.